The number of rotatable bonds is 3. The Morgan fingerprint density at radius 1 is 1.08 bits per heavy atom. The van der Waals surface area contributed by atoms with E-state index in [1.165, 1.54) is 0 Å². The Morgan fingerprint density at radius 3 is 2.50 bits per heavy atom. The van der Waals surface area contributed by atoms with Gasteiger partial charge in [0.25, 0.3) is 0 Å². The minimum atomic E-state index is -0.544. The van der Waals surface area contributed by atoms with E-state index in [4.69, 9.17) is 10.5 Å². The summed E-state index contributed by atoms with van der Waals surface area (Å²) in [6.07, 6.45) is 0. The maximum atomic E-state index is 9.96. The van der Waals surface area contributed by atoms with E-state index >= 15 is 0 Å². The predicted molar refractivity (Wildman–Crippen MR) is 98.9 cm³/mol. The van der Waals surface area contributed by atoms with Gasteiger partial charge in [-0.15, -0.1) is 5.10 Å². The Labute approximate surface area is 141 Å². The highest BCUT2D eigenvalue weighted by Crippen LogP contribution is 2.34. The largest absolute Gasteiger partial charge is 0.496 e. The van der Waals surface area contributed by atoms with Crippen molar-refractivity contribution in [1.29, 1.82) is 0 Å². The number of aryl methyl sites for hydroxylation is 2. The molecule has 24 heavy (non-hydrogen) atoms. The summed E-state index contributed by atoms with van der Waals surface area (Å²) in [5.41, 5.74) is 10.5. The number of aromatic nitrogens is 2. The predicted octanol–water partition coefficient (Wildman–Crippen LogP) is 2.33. The first-order chi connectivity index (χ1) is 11.4. The van der Waals surface area contributed by atoms with E-state index < -0.39 is 6.92 Å². The lowest BCUT2D eigenvalue weighted by atomic mass is 9.63. The molecule has 5 nitrogen and oxygen atoms in total. The molecule has 0 saturated carbocycles. The lowest BCUT2D eigenvalue weighted by Crippen LogP contribution is -2.26. The van der Waals surface area contributed by atoms with Crippen LogP contribution < -0.4 is 15.9 Å². The Hall–Kier alpha value is -2.60. The second kappa shape index (κ2) is 6.13. The van der Waals surface area contributed by atoms with E-state index in [0.29, 0.717) is 5.82 Å². The average Bonchev–Trinajstić information content (AvgIpc) is 2.57. The number of nitrogen functional groups attached to an aromatic ring is 1. The summed E-state index contributed by atoms with van der Waals surface area (Å²) in [7, 11) is 1.66. The summed E-state index contributed by atoms with van der Waals surface area (Å²) < 4.78 is 5.60. The second-order valence-electron chi connectivity index (χ2n) is 6.03. The molecule has 0 bridgehead atoms. The molecule has 0 saturated heterocycles. The van der Waals surface area contributed by atoms with E-state index in [0.717, 1.165) is 44.4 Å². The van der Waals surface area contributed by atoms with Crippen molar-refractivity contribution in [2.24, 2.45) is 0 Å². The van der Waals surface area contributed by atoms with Crippen molar-refractivity contribution in [3.8, 4) is 16.9 Å². The van der Waals surface area contributed by atoms with Crippen LogP contribution in [0.5, 0.6) is 5.75 Å². The molecule has 3 N–H and O–H groups in total. The maximum absolute atomic E-state index is 9.96. The summed E-state index contributed by atoms with van der Waals surface area (Å²) >= 11 is 0. The molecule has 6 heteroatoms. The van der Waals surface area contributed by atoms with Crippen LogP contribution in [0.1, 0.15) is 11.3 Å². The first-order valence-corrected chi connectivity index (χ1v) is 7.82. The molecule has 3 aromatic rings. The van der Waals surface area contributed by atoms with Crippen LogP contribution in [0.2, 0.25) is 6.82 Å². The maximum Gasteiger partial charge on any atom is 0.320 e. The molecule has 0 atom stereocenters. The Morgan fingerprint density at radius 2 is 1.83 bits per heavy atom. The van der Waals surface area contributed by atoms with Crippen LogP contribution in [0.3, 0.4) is 0 Å². The standard InChI is InChI=1S/C18H20BN3O2/c1-10-7-13(19(3)23)9-16(17(10)24-4)12-5-6-14-15(8-12)11(2)21-22-18(14)20/h5-9,23H,1-4H3,(H2,20,22). The summed E-state index contributed by atoms with van der Waals surface area (Å²) in [5, 5.41) is 19.9. The van der Waals surface area contributed by atoms with Gasteiger partial charge in [-0.1, -0.05) is 25.0 Å². The van der Waals surface area contributed by atoms with Crippen LogP contribution in [0, 0.1) is 13.8 Å². The Bertz CT molecular complexity index is 926. The van der Waals surface area contributed by atoms with Gasteiger partial charge in [-0.3, -0.25) is 0 Å². The van der Waals surface area contributed by atoms with Crippen LogP contribution >= 0.6 is 0 Å². The fourth-order valence-corrected chi connectivity index (χ4v) is 3.00. The van der Waals surface area contributed by atoms with Gasteiger partial charge in [-0.25, -0.2) is 0 Å². The molecular formula is C18H20BN3O2. The highest BCUT2D eigenvalue weighted by molar-refractivity contribution is 6.65. The number of fused-ring (bicyclic) bond motifs is 1. The zero-order chi connectivity index (χ0) is 17.4. The minimum absolute atomic E-state index is 0.419. The summed E-state index contributed by atoms with van der Waals surface area (Å²) in [6, 6.07) is 9.89. The van der Waals surface area contributed by atoms with Crippen molar-refractivity contribution in [3.63, 3.8) is 0 Å². The summed E-state index contributed by atoms with van der Waals surface area (Å²) in [4.78, 5) is 0. The number of hydrogen-bond donors (Lipinski definition) is 2. The first kappa shape index (κ1) is 16.3. The molecule has 0 aliphatic carbocycles. The van der Waals surface area contributed by atoms with Crippen molar-refractivity contribution in [2.75, 3.05) is 12.8 Å². The molecule has 1 heterocycles. The van der Waals surface area contributed by atoms with Gasteiger partial charge in [-0.2, -0.15) is 5.10 Å². The molecule has 1 aromatic heterocycles. The lowest BCUT2D eigenvalue weighted by molar-refractivity contribution is 0.413. The first-order valence-electron chi connectivity index (χ1n) is 7.82. The number of ether oxygens (including phenoxy) is 1. The fraction of sp³-hybridized carbons (Fsp3) is 0.222. The van der Waals surface area contributed by atoms with Gasteiger partial charge in [-0.05, 0) is 42.6 Å². The van der Waals surface area contributed by atoms with E-state index in [2.05, 4.69) is 10.2 Å². The third-order valence-corrected chi connectivity index (χ3v) is 4.29. The highest BCUT2D eigenvalue weighted by atomic mass is 16.5. The second-order valence-corrected chi connectivity index (χ2v) is 6.03. The van der Waals surface area contributed by atoms with Crippen molar-refractivity contribution in [2.45, 2.75) is 20.7 Å². The van der Waals surface area contributed by atoms with Gasteiger partial charge in [0.15, 0.2) is 5.82 Å². The molecule has 0 aliphatic rings. The smallest absolute Gasteiger partial charge is 0.320 e. The molecule has 122 valence electrons. The zero-order valence-electron chi connectivity index (χ0n) is 14.3. The Kier molecular flexibility index (Phi) is 4.16. The normalized spacial score (nSPS) is 10.9. The molecule has 2 aromatic carbocycles. The monoisotopic (exact) mass is 321 g/mol. The van der Waals surface area contributed by atoms with Crippen LogP contribution in [0.15, 0.2) is 30.3 Å². The number of anilines is 1. The molecule has 0 fully saturated rings. The third-order valence-electron chi connectivity index (χ3n) is 4.29. The number of nitrogens with two attached hydrogens (primary N) is 1. The van der Waals surface area contributed by atoms with Crippen molar-refractivity contribution < 1.29 is 9.76 Å². The van der Waals surface area contributed by atoms with Gasteiger partial charge in [0.2, 0.25) is 0 Å². The van der Waals surface area contributed by atoms with E-state index in [1.54, 1.807) is 13.9 Å². The number of benzene rings is 2. The topological polar surface area (TPSA) is 81.3 Å². The van der Waals surface area contributed by atoms with Crippen LogP contribution in [-0.2, 0) is 0 Å². The molecule has 0 unspecified atom stereocenters. The molecule has 0 spiro atoms. The van der Waals surface area contributed by atoms with E-state index in [1.807, 2.05) is 44.2 Å². The average molecular weight is 321 g/mol. The fourth-order valence-electron chi connectivity index (χ4n) is 3.00. The molecule has 0 aliphatic heterocycles. The number of nitrogens with zero attached hydrogens (tertiary/aromatic N) is 2. The van der Waals surface area contributed by atoms with Gasteiger partial charge in [0, 0.05) is 16.3 Å². The van der Waals surface area contributed by atoms with Gasteiger partial charge >= 0.3 is 6.92 Å². The minimum Gasteiger partial charge on any atom is -0.496 e. The third kappa shape index (κ3) is 2.69. The van der Waals surface area contributed by atoms with E-state index in [-0.39, 0.29) is 0 Å². The number of hydrogen-bond acceptors (Lipinski definition) is 5. The molecule has 0 radical (unpaired) electrons. The molecule has 0 amide bonds. The number of methoxy groups -OCH3 is 1. The van der Waals surface area contributed by atoms with Gasteiger partial charge in [0.1, 0.15) is 5.75 Å². The molecule has 3 rings (SSSR count). The van der Waals surface area contributed by atoms with Gasteiger partial charge in [0.05, 0.1) is 12.8 Å². The van der Waals surface area contributed by atoms with Crippen LogP contribution in [0.4, 0.5) is 5.82 Å². The highest BCUT2D eigenvalue weighted by Gasteiger charge is 2.16. The summed E-state index contributed by atoms with van der Waals surface area (Å²) in [5.74, 6) is 1.22. The van der Waals surface area contributed by atoms with Gasteiger partial charge < -0.3 is 15.5 Å². The SMILES string of the molecule is COc1c(C)cc(B(C)O)cc1-c1ccc2c(N)nnc(C)c2c1. The van der Waals surface area contributed by atoms with Crippen molar-refractivity contribution in [1.82, 2.24) is 10.2 Å². The van der Waals surface area contributed by atoms with E-state index in [9.17, 15) is 5.02 Å². The lowest BCUT2D eigenvalue weighted by Gasteiger charge is -2.15. The zero-order valence-corrected chi connectivity index (χ0v) is 14.3. The van der Waals surface area contributed by atoms with Crippen molar-refractivity contribution >= 4 is 29.0 Å². The Balaban J connectivity index is 2.29. The quantitative estimate of drug-likeness (QED) is 0.724. The van der Waals surface area contributed by atoms with Crippen LogP contribution in [0.25, 0.3) is 21.9 Å². The molecular weight excluding hydrogens is 301 g/mol. The van der Waals surface area contributed by atoms with Crippen molar-refractivity contribution in [3.05, 3.63) is 41.6 Å². The van der Waals surface area contributed by atoms with Crippen LogP contribution in [-0.4, -0.2) is 29.2 Å². The summed E-state index contributed by atoms with van der Waals surface area (Å²) in [6.45, 7) is 5.10.